The summed E-state index contributed by atoms with van der Waals surface area (Å²) in [4.78, 5) is 15.0. The predicted molar refractivity (Wildman–Crippen MR) is 189 cm³/mol. The molecule has 3 aromatic heterocycles. The van der Waals surface area contributed by atoms with E-state index >= 15 is 0 Å². The molecule has 1 aliphatic heterocycles. The molecule has 11 nitrogen and oxygen atoms in total. The van der Waals surface area contributed by atoms with Gasteiger partial charge in [-0.05, 0) is 62.0 Å². The molecule has 0 amide bonds. The van der Waals surface area contributed by atoms with Crippen LogP contribution in [0.25, 0.3) is 32.8 Å². The van der Waals surface area contributed by atoms with E-state index in [0.29, 0.717) is 48.0 Å². The van der Waals surface area contributed by atoms with Crippen molar-refractivity contribution in [2.45, 2.75) is 43.5 Å². The first-order valence-corrected chi connectivity index (χ1v) is 18.0. The van der Waals surface area contributed by atoms with Gasteiger partial charge in [0.1, 0.15) is 11.4 Å². The van der Waals surface area contributed by atoms with Crippen LogP contribution in [0.5, 0.6) is 5.75 Å². The molecule has 0 aliphatic carbocycles. The normalized spacial score (nSPS) is 15.6. The summed E-state index contributed by atoms with van der Waals surface area (Å²) in [6, 6.07) is 16.3. The number of nitrogens with zero attached hydrogens (tertiary/aromatic N) is 6. The van der Waals surface area contributed by atoms with Crippen molar-refractivity contribution in [1.82, 2.24) is 29.0 Å². The van der Waals surface area contributed by atoms with Crippen LogP contribution >= 0.6 is 11.6 Å². The minimum atomic E-state index is -3.77. The molecule has 254 valence electrons. The number of hydrogen-bond acceptors (Lipinski definition) is 7. The summed E-state index contributed by atoms with van der Waals surface area (Å²) < 4.78 is 39.1. The number of hydrogen-bond donors (Lipinski definition) is 1. The van der Waals surface area contributed by atoms with Gasteiger partial charge in [0.15, 0.2) is 9.84 Å². The van der Waals surface area contributed by atoms with Crippen LogP contribution in [0.15, 0.2) is 59.5 Å². The Morgan fingerprint density at radius 3 is 2.49 bits per heavy atom. The molecule has 0 saturated carbocycles. The number of ether oxygens (including phenoxy) is 1. The number of halogens is 1. The molecule has 7 rings (SSSR count). The molecule has 6 aromatic rings. The van der Waals surface area contributed by atoms with E-state index < -0.39 is 15.8 Å². The number of benzene rings is 3. The van der Waals surface area contributed by atoms with E-state index in [-0.39, 0.29) is 22.9 Å². The number of fused-ring (bicyclic) bond motifs is 8. The predicted octanol–water partition coefficient (Wildman–Crippen LogP) is 6.06. The van der Waals surface area contributed by atoms with Gasteiger partial charge in [0.05, 0.1) is 44.9 Å². The summed E-state index contributed by atoms with van der Waals surface area (Å²) in [5.41, 5.74) is 6.15. The third kappa shape index (κ3) is 5.77. The van der Waals surface area contributed by atoms with Crippen molar-refractivity contribution < 1.29 is 23.1 Å². The van der Waals surface area contributed by atoms with Gasteiger partial charge in [-0.25, -0.2) is 13.2 Å². The second kappa shape index (κ2) is 12.3. The average molecular weight is 701 g/mol. The fourth-order valence-corrected chi connectivity index (χ4v) is 8.77. The van der Waals surface area contributed by atoms with Crippen molar-refractivity contribution in [3.8, 4) is 16.9 Å². The first kappa shape index (κ1) is 32.9. The van der Waals surface area contributed by atoms with Crippen molar-refractivity contribution in [2.24, 2.45) is 21.1 Å². The number of carbonyl (C=O) groups is 1. The number of aromatic nitrogens is 5. The smallest absolute Gasteiger partial charge is 0.352 e. The van der Waals surface area contributed by atoms with Crippen LogP contribution in [0.3, 0.4) is 0 Å². The molecule has 0 spiro atoms. The van der Waals surface area contributed by atoms with Gasteiger partial charge in [0, 0.05) is 61.8 Å². The largest absolute Gasteiger partial charge is 0.493 e. The van der Waals surface area contributed by atoms with Crippen LogP contribution in [0.4, 0.5) is 0 Å². The van der Waals surface area contributed by atoms with Gasteiger partial charge < -0.3 is 14.4 Å². The molecule has 0 fully saturated rings. The second-order valence-corrected chi connectivity index (χ2v) is 15.2. The number of aryl methyl sites for hydroxylation is 4. The lowest BCUT2D eigenvalue weighted by atomic mass is 9.98. The van der Waals surface area contributed by atoms with Gasteiger partial charge in [-0.2, -0.15) is 10.2 Å². The van der Waals surface area contributed by atoms with E-state index in [1.54, 1.807) is 35.5 Å². The summed E-state index contributed by atoms with van der Waals surface area (Å²) in [5.74, 6) is -0.800. The number of carboxylic acid groups (broad SMARTS) is 1. The molecule has 0 radical (unpaired) electrons. The fraction of sp³-hybridized carbons (Fsp3) is 0.306. The zero-order valence-electron chi connectivity index (χ0n) is 28.0. The first-order chi connectivity index (χ1) is 23.3. The highest BCUT2D eigenvalue weighted by Crippen LogP contribution is 2.42. The third-order valence-corrected chi connectivity index (χ3v) is 11.4. The highest BCUT2D eigenvalue weighted by Gasteiger charge is 2.28. The summed E-state index contributed by atoms with van der Waals surface area (Å²) in [5, 5.41) is 22.8. The minimum absolute atomic E-state index is 0.164. The van der Waals surface area contributed by atoms with E-state index in [1.165, 1.54) is 0 Å². The molecule has 3 aromatic carbocycles. The summed E-state index contributed by atoms with van der Waals surface area (Å²) >= 11 is 6.98. The molecule has 4 heterocycles. The van der Waals surface area contributed by atoms with Crippen molar-refractivity contribution in [3.05, 3.63) is 93.7 Å². The SMILES string of the molecule is Cc1c2c(nn1C)CN(C)Cc1cc(n(C)n1)CS(=O)(=O)c1cc(c3ccccc3c1)OCCCc1c(C(=O)O)n(C)c3c-2c(Cl)ccc13. The standard InChI is InChI=1S/C36H37ClN6O5S/c1-21-32-30(39-42(21)4)19-40(2)18-23-16-24(43(5)38-23)20-49(46,47)25-15-22-9-6-7-10-26(22)31(17-25)48-14-8-11-27-28-12-13-29(37)33(32)34(28)41(3)35(27)36(44)45/h6-7,9-10,12-13,15-17H,8,11,14,18-20H2,1-5H3,(H,44,45). The maximum Gasteiger partial charge on any atom is 0.352 e. The molecule has 0 atom stereocenters. The molecule has 0 unspecified atom stereocenters. The number of rotatable bonds is 1. The van der Waals surface area contributed by atoms with Crippen LogP contribution in [-0.2, 0) is 56.2 Å². The van der Waals surface area contributed by atoms with Crippen molar-refractivity contribution >= 4 is 49.1 Å². The Kier molecular flexibility index (Phi) is 8.28. The lowest BCUT2D eigenvalue weighted by Gasteiger charge is -2.16. The van der Waals surface area contributed by atoms with Crippen molar-refractivity contribution in [2.75, 3.05) is 13.7 Å². The highest BCUT2D eigenvalue weighted by atomic mass is 35.5. The van der Waals surface area contributed by atoms with Crippen LogP contribution in [0.1, 0.15) is 45.2 Å². The van der Waals surface area contributed by atoms with Gasteiger partial charge in [0.2, 0.25) is 0 Å². The molecule has 0 saturated heterocycles. The van der Waals surface area contributed by atoms with Gasteiger partial charge in [-0.3, -0.25) is 14.3 Å². The summed E-state index contributed by atoms with van der Waals surface area (Å²) in [6.07, 6.45) is 0.905. The fourth-order valence-electron chi connectivity index (χ4n) is 7.11. The Morgan fingerprint density at radius 1 is 0.939 bits per heavy atom. The highest BCUT2D eigenvalue weighted by molar-refractivity contribution is 7.90. The van der Waals surface area contributed by atoms with Gasteiger partial charge >= 0.3 is 5.97 Å². The lowest BCUT2D eigenvalue weighted by Crippen LogP contribution is -2.18. The number of sulfone groups is 1. The Hall–Kier alpha value is -4.65. The van der Waals surface area contributed by atoms with Crippen LogP contribution in [0, 0.1) is 6.92 Å². The van der Waals surface area contributed by atoms with Crippen LogP contribution < -0.4 is 4.74 Å². The van der Waals surface area contributed by atoms with E-state index in [1.807, 2.05) is 68.2 Å². The molecule has 1 N–H and O–H groups in total. The van der Waals surface area contributed by atoms with E-state index in [4.69, 9.17) is 21.4 Å². The van der Waals surface area contributed by atoms with Gasteiger partial charge in [-0.1, -0.05) is 41.9 Å². The van der Waals surface area contributed by atoms with E-state index in [9.17, 15) is 18.3 Å². The quantitative estimate of drug-likeness (QED) is 0.220. The lowest BCUT2D eigenvalue weighted by molar-refractivity contribution is 0.0685. The molecular formula is C36H37ClN6O5S. The monoisotopic (exact) mass is 700 g/mol. The molecule has 13 heteroatoms. The molecule has 1 aliphatic rings. The minimum Gasteiger partial charge on any atom is -0.493 e. The van der Waals surface area contributed by atoms with E-state index in [2.05, 4.69) is 10.00 Å². The number of carboxylic acids is 1. The third-order valence-electron chi connectivity index (χ3n) is 9.47. The summed E-state index contributed by atoms with van der Waals surface area (Å²) in [7, 11) is 3.58. The molecular weight excluding hydrogens is 664 g/mol. The topological polar surface area (TPSA) is 124 Å². The average Bonchev–Trinajstić information content (AvgIpc) is 3.63. The zero-order valence-corrected chi connectivity index (χ0v) is 29.6. The first-order valence-electron chi connectivity index (χ1n) is 16.0. The van der Waals surface area contributed by atoms with Crippen LogP contribution in [-0.4, -0.2) is 62.2 Å². The number of aromatic carboxylic acids is 1. The maximum atomic E-state index is 13.9. The Morgan fingerprint density at radius 2 is 1.71 bits per heavy atom. The Labute approximate surface area is 289 Å². The van der Waals surface area contributed by atoms with Gasteiger partial charge in [-0.15, -0.1) is 0 Å². The van der Waals surface area contributed by atoms with Gasteiger partial charge in [0.25, 0.3) is 0 Å². The van der Waals surface area contributed by atoms with Crippen LogP contribution in [0.2, 0.25) is 5.02 Å². The Bertz CT molecular complexity index is 2410. The van der Waals surface area contributed by atoms with Crippen molar-refractivity contribution in [3.63, 3.8) is 0 Å². The second-order valence-electron chi connectivity index (χ2n) is 12.8. The molecule has 49 heavy (non-hydrogen) atoms. The molecule has 8 bridgehead atoms. The summed E-state index contributed by atoms with van der Waals surface area (Å²) in [6.45, 7) is 3.10. The Balaban J connectivity index is 1.41. The van der Waals surface area contributed by atoms with E-state index in [0.717, 1.165) is 49.9 Å². The maximum absolute atomic E-state index is 13.9. The zero-order chi connectivity index (χ0) is 34.8. The van der Waals surface area contributed by atoms with Crippen molar-refractivity contribution in [1.29, 1.82) is 0 Å².